The molecule has 0 aromatic heterocycles. The fourth-order valence-corrected chi connectivity index (χ4v) is 2.39. The van der Waals surface area contributed by atoms with Gasteiger partial charge in [0.2, 0.25) is 0 Å². The first-order valence-electron chi connectivity index (χ1n) is 4.52. The van der Waals surface area contributed by atoms with Crippen LogP contribution in [-0.4, -0.2) is 19.0 Å². The highest BCUT2D eigenvalue weighted by Gasteiger charge is 2.22. The van der Waals surface area contributed by atoms with Crippen LogP contribution in [0.15, 0.2) is 16.6 Å². The van der Waals surface area contributed by atoms with Gasteiger partial charge in [0.05, 0.1) is 4.47 Å². The number of alkyl halides is 1. The Kier molecular flexibility index (Phi) is 2.98. The minimum absolute atomic E-state index is 0.125. The zero-order valence-electron chi connectivity index (χ0n) is 7.56. The molecule has 0 unspecified atom stereocenters. The fraction of sp³-hybridized carbons (Fsp3) is 0.400. The van der Waals surface area contributed by atoms with Crippen LogP contribution < -0.4 is 4.90 Å². The van der Waals surface area contributed by atoms with E-state index in [0.717, 1.165) is 30.8 Å². The molecule has 0 saturated heterocycles. The standard InChI is InChI=1S/C10H10BrClFN/c11-8-1-2-9-7(10(8)13)3-5-14(9)6-4-12/h1-2H,3-6H2. The van der Waals surface area contributed by atoms with Crippen LogP contribution in [0.5, 0.6) is 0 Å². The quantitative estimate of drug-likeness (QED) is 0.751. The molecule has 1 aliphatic rings. The van der Waals surface area contributed by atoms with Crippen LogP contribution >= 0.6 is 27.5 Å². The zero-order chi connectivity index (χ0) is 10.1. The Bertz CT molecular complexity index is 356. The van der Waals surface area contributed by atoms with Crippen LogP contribution in [0.3, 0.4) is 0 Å². The molecule has 0 amide bonds. The lowest BCUT2D eigenvalue weighted by atomic mass is 10.1. The first-order valence-corrected chi connectivity index (χ1v) is 5.84. The van der Waals surface area contributed by atoms with Crippen molar-refractivity contribution in [1.29, 1.82) is 0 Å². The smallest absolute Gasteiger partial charge is 0.142 e. The molecular formula is C10H10BrClFN. The molecule has 76 valence electrons. The molecule has 0 bridgehead atoms. The second-order valence-electron chi connectivity index (χ2n) is 3.29. The van der Waals surface area contributed by atoms with Crippen molar-refractivity contribution in [3.63, 3.8) is 0 Å². The van der Waals surface area contributed by atoms with E-state index in [1.165, 1.54) is 0 Å². The lowest BCUT2D eigenvalue weighted by Gasteiger charge is -2.17. The highest BCUT2D eigenvalue weighted by atomic mass is 79.9. The van der Waals surface area contributed by atoms with E-state index >= 15 is 0 Å². The Morgan fingerprint density at radius 1 is 1.50 bits per heavy atom. The average molecular weight is 279 g/mol. The van der Waals surface area contributed by atoms with E-state index in [0.29, 0.717) is 10.4 Å². The zero-order valence-corrected chi connectivity index (χ0v) is 9.91. The van der Waals surface area contributed by atoms with Gasteiger partial charge in [0.1, 0.15) is 5.82 Å². The van der Waals surface area contributed by atoms with Gasteiger partial charge in [-0.25, -0.2) is 4.39 Å². The first kappa shape index (κ1) is 10.2. The molecule has 2 rings (SSSR count). The van der Waals surface area contributed by atoms with Crippen molar-refractivity contribution in [2.24, 2.45) is 0 Å². The Morgan fingerprint density at radius 3 is 3.00 bits per heavy atom. The van der Waals surface area contributed by atoms with Gasteiger partial charge in [-0.15, -0.1) is 11.6 Å². The van der Waals surface area contributed by atoms with Gasteiger partial charge in [0.15, 0.2) is 0 Å². The van der Waals surface area contributed by atoms with Gasteiger partial charge >= 0.3 is 0 Å². The van der Waals surface area contributed by atoms with Crippen LogP contribution in [0, 0.1) is 5.82 Å². The average Bonchev–Trinajstić information content (AvgIpc) is 2.57. The first-order chi connectivity index (χ1) is 6.74. The molecule has 0 atom stereocenters. The van der Waals surface area contributed by atoms with Crippen LogP contribution in [-0.2, 0) is 6.42 Å². The van der Waals surface area contributed by atoms with Crippen LogP contribution in [0.1, 0.15) is 5.56 Å². The van der Waals surface area contributed by atoms with Crippen LogP contribution in [0.4, 0.5) is 10.1 Å². The summed E-state index contributed by atoms with van der Waals surface area (Å²) in [7, 11) is 0. The lowest BCUT2D eigenvalue weighted by molar-refractivity contribution is 0.609. The second-order valence-corrected chi connectivity index (χ2v) is 4.52. The summed E-state index contributed by atoms with van der Waals surface area (Å²) in [5.41, 5.74) is 1.80. The summed E-state index contributed by atoms with van der Waals surface area (Å²) in [5.74, 6) is 0.455. The van der Waals surface area contributed by atoms with E-state index in [2.05, 4.69) is 20.8 Å². The molecule has 4 heteroatoms. The summed E-state index contributed by atoms with van der Waals surface area (Å²) in [6.45, 7) is 1.66. The molecular weight excluding hydrogens is 268 g/mol. The number of benzene rings is 1. The molecule has 0 aliphatic carbocycles. The van der Waals surface area contributed by atoms with Crippen molar-refractivity contribution >= 4 is 33.2 Å². The normalized spacial score (nSPS) is 14.6. The highest BCUT2D eigenvalue weighted by molar-refractivity contribution is 9.10. The third-order valence-electron chi connectivity index (χ3n) is 2.50. The summed E-state index contributed by atoms with van der Waals surface area (Å²) in [4.78, 5) is 2.12. The van der Waals surface area contributed by atoms with Gasteiger partial charge in [0.25, 0.3) is 0 Å². The number of hydrogen-bond donors (Lipinski definition) is 0. The van der Waals surface area contributed by atoms with Crippen LogP contribution in [0.25, 0.3) is 0 Å². The Labute approximate surface area is 96.0 Å². The van der Waals surface area contributed by atoms with E-state index < -0.39 is 0 Å². The lowest BCUT2D eigenvalue weighted by Crippen LogP contribution is -2.22. The third-order valence-corrected chi connectivity index (χ3v) is 3.28. The Balaban J connectivity index is 2.37. The summed E-state index contributed by atoms with van der Waals surface area (Å²) in [6.07, 6.45) is 0.775. The van der Waals surface area contributed by atoms with E-state index in [1.807, 2.05) is 6.07 Å². The number of hydrogen-bond acceptors (Lipinski definition) is 1. The summed E-state index contributed by atoms with van der Waals surface area (Å²) < 4.78 is 14.2. The predicted octanol–water partition coefficient (Wildman–Crippen LogP) is 3.19. The predicted molar refractivity (Wildman–Crippen MR) is 60.7 cm³/mol. The number of rotatable bonds is 2. The topological polar surface area (TPSA) is 3.24 Å². The minimum atomic E-state index is -0.125. The Morgan fingerprint density at radius 2 is 2.29 bits per heavy atom. The molecule has 0 saturated carbocycles. The van der Waals surface area contributed by atoms with Crippen molar-refractivity contribution in [1.82, 2.24) is 0 Å². The van der Waals surface area contributed by atoms with Gasteiger partial charge in [0, 0.05) is 30.2 Å². The number of halogens is 3. The van der Waals surface area contributed by atoms with E-state index in [-0.39, 0.29) is 5.82 Å². The van der Waals surface area contributed by atoms with Gasteiger partial charge in [-0.1, -0.05) is 0 Å². The van der Waals surface area contributed by atoms with Crippen molar-refractivity contribution < 1.29 is 4.39 Å². The van der Waals surface area contributed by atoms with Crippen molar-refractivity contribution in [3.05, 3.63) is 28.0 Å². The molecule has 0 N–H and O–H groups in total. The minimum Gasteiger partial charge on any atom is -0.370 e. The molecule has 1 aliphatic heterocycles. The molecule has 0 fully saturated rings. The summed E-state index contributed by atoms with van der Waals surface area (Å²) >= 11 is 8.86. The maximum atomic E-state index is 13.6. The third kappa shape index (κ3) is 1.63. The number of anilines is 1. The monoisotopic (exact) mass is 277 g/mol. The van der Waals surface area contributed by atoms with E-state index in [9.17, 15) is 4.39 Å². The summed E-state index contributed by atoms with van der Waals surface area (Å²) in [5, 5.41) is 0. The van der Waals surface area contributed by atoms with Crippen LogP contribution in [0.2, 0.25) is 0 Å². The SMILES string of the molecule is Fc1c(Br)ccc2c1CCN2CCCl. The van der Waals surface area contributed by atoms with Gasteiger partial charge in [-0.05, 0) is 34.5 Å². The van der Waals surface area contributed by atoms with Gasteiger partial charge in [-0.3, -0.25) is 0 Å². The molecule has 0 radical (unpaired) electrons. The van der Waals surface area contributed by atoms with Crippen molar-refractivity contribution in [2.75, 3.05) is 23.9 Å². The highest BCUT2D eigenvalue weighted by Crippen LogP contribution is 2.33. The summed E-state index contributed by atoms with van der Waals surface area (Å²) in [6, 6.07) is 3.70. The van der Waals surface area contributed by atoms with Gasteiger partial charge in [-0.2, -0.15) is 0 Å². The molecule has 1 heterocycles. The number of fused-ring (bicyclic) bond motifs is 1. The molecule has 1 nitrogen and oxygen atoms in total. The maximum Gasteiger partial charge on any atom is 0.142 e. The largest absolute Gasteiger partial charge is 0.370 e. The Hall–Kier alpha value is -0.280. The number of nitrogens with zero attached hydrogens (tertiary/aromatic N) is 1. The molecule has 14 heavy (non-hydrogen) atoms. The fourth-order valence-electron chi connectivity index (χ4n) is 1.82. The molecule has 1 aromatic rings. The van der Waals surface area contributed by atoms with Crippen molar-refractivity contribution in [3.8, 4) is 0 Å². The molecule has 0 spiro atoms. The van der Waals surface area contributed by atoms with Crippen molar-refractivity contribution in [2.45, 2.75) is 6.42 Å². The van der Waals surface area contributed by atoms with E-state index in [1.54, 1.807) is 6.07 Å². The maximum absolute atomic E-state index is 13.6. The van der Waals surface area contributed by atoms with Gasteiger partial charge < -0.3 is 4.90 Å². The second kappa shape index (κ2) is 4.07. The van der Waals surface area contributed by atoms with E-state index in [4.69, 9.17) is 11.6 Å². The molecule has 1 aromatic carbocycles.